The first-order valence-electron chi connectivity index (χ1n) is 8.19. The Kier molecular flexibility index (Phi) is 4.85. The molecule has 6 heteroatoms. The molecule has 0 spiro atoms. The average molecular weight is 330 g/mol. The Morgan fingerprint density at radius 1 is 1.29 bits per heavy atom. The number of benzene rings is 1. The maximum atomic E-state index is 12.8. The van der Waals surface area contributed by atoms with E-state index in [1.54, 1.807) is 0 Å². The van der Waals surface area contributed by atoms with Crippen molar-refractivity contribution in [3.8, 4) is 0 Å². The van der Waals surface area contributed by atoms with Crippen LogP contribution in [0.1, 0.15) is 18.4 Å². The van der Waals surface area contributed by atoms with Crippen molar-refractivity contribution in [3.05, 3.63) is 36.0 Å². The number of aliphatic carboxylic acids is 1. The summed E-state index contributed by atoms with van der Waals surface area (Å²) in [6.45, 7) is 3.04. The normalized spacial score (nSPS) is 15.5. The van der Waals surface area contributed by atoms with Crippen LogP contribution in [-0.2, 0) is 20.9 Å². The zero-order valence-electron chi connectivity index (χ0n) is 13.8. The van der Waals surface area contributed by atoms with Gasteiger partial charge in [0.1, 0.15) is 13.1 Å². The Morgan fingerprint density at radius 3 is 2.71 bits per heavy atom. The van der Waals surface area contributed by atoms with E-state index in [1.165, 1.54) is 4.90 Å². The van der Waals surface area contributed by atoms with Crippen LogP contribution in [-0.4, -0.2) is 52.3 Å². The second kappa shape index (κ2) is 7.05. The van der Waals surface area contributed by atoms with Crippen molar-refractivity contribution < 1.29 is 19.4 Å². The summed E-state index contributed by atoms with van der Waals surface area (Å²) >= 11 is 0. The van der Waals surface area contributed by atoms with Crippen molar-refractivity contribution in [1.82, 2.24) is 9.47 Å². The summed E-state index contributed by atoms with van der Waals surface area (Å²) in [5, 5.41) is 10.3. The van der Waals surface area contributed by atoms with E-state index in [1.807, 2.05) is 42.0 Å². The number of hydrogen-bond acceptors (Lipinski definition) is 3. The number of fused-ring (bicyclic) bond motifs is 1. The van der Waals surface area contributed by atoms with Crippen LogP contribution >= 0.6 is 0 Å². The van der Waals surface area contributed by atoms with Crippen LogP contribution in [0.2, 0.25) is 0 Å². The molecular weight excluding hydrogens is 308 g/mol. The Hall–Kier alpha value is -2.34. The molecule has 3 rings (SSSR count). The standard InChI is InChI=1S/C18H22N2O4/c1-13-10-19(16-5-3-2-4-15(13)16)11-17(21)20(12-18(22)23)14-6-8-24-9-7-14/h2-5,10,14H,6-9,11-12H2,1H3,(H,22,23). The Bertz CT molecular complexity index is 747. The van der Waals surface area contributed by atoms with Crippen LogP contribution in [0.5, 0.6) is 0 Å². The number of nitrogens with zero attached hydrogens (tertiary/aromatic N) is 2. The number of para-hydroxylation sites is 1. The number of carbonyl (C=O) groups excluding carboxylic acids is 1. The maximum absolute atomic E-state index is 12.8. The number of amides is 1. The van der Waals surface area contributed by atoms with Gasteiger partial charge in [-0.3, -0.25) is 9.59 Å². The Morgan fingerprint density at radius 2 is 2.00 bits per heavy atom. The third-order valence-electron chi connectivity index (χ3n) is 4.55. The molecule has 1 aliphatic rings. The number of rotatable bonds is 5. The molecule has 1 fully saturated rings. The maximum Gasteiger partial charge on any atom is 0.323 e. The van der Waals surface area contributed by atoms with Gasteiger partial charge in [0, 0.05) is 36.4 Å². The molecule has 0 saturated carbocycles. The number of carboxylic acid groups (broad SMARTS) is 1. The van der Waals surface area contributed by atoms with Gasteiger partial charge in [0.2, 0.25) is 5.91 Å². The monoisotopic (exact) mass is 330 g/mol. The number of carbonyl (C=O) groups is 2. The summed E-state index contributed by atoms with van der Waals surface area (Å²) in [5.74, 6) is -1.14. The van der Waals surface area contributed by atoms with Crippen molar-refractivity contribution in [2.24, 2.45) is 0 Å². The first-order valence-corrected chi connectivity index (χ1v) is 8.19. The van der Waals surface area contributed by atoms with Crippen LogP contribution < -0.4 is 0 Å². The van der Waals surface area contributed by atoms with E-state index < -0.39 is 5.97 Å². The summed E-state index contributed by atoms with van der Waals surface area (Å²) < 4.78 is 7.23. The predicted octanol–water partition coefficient (Wildman–Crippen LogP) is 2.04. The first kappa shape index (κ1) is 16.5. The second-order valence-corrected chi connectivity index (χ2v) is 6.22. The highest BCUT2D eigenvalue weighted by molar-refractivity contribution is 5.87. The van der Waals surface area contributed by atoms with Gasteiger partial charge in [0.05, 0.1) is 0 Å². The highest BCUT2D eigenvalue weighted by Gasteiger charge is 2.27. The van der Waals surface area contributed by atoms with Crippen molar-refractivity contribution >= 4 is 22.8 Å². The number of aromatic nitrogens is 1. The SMILES string of the molecule is Cc1cn(CC(=O)N(CC(=O)O)C2CCOCC2)c2ccccc12. The van der Waals surface area contributed by atoms with Crippen LogP contribution in [0.15, 0.2) is 30.5 Å². The van der Waals surface area contributed by atoms with Crippen LogP contribution in [0, 0.1) is 6.92 Å². The highest BCUT2D eigenvalue weighted by Crippen LogP contribution is 2.21. The molecule has 1 aromatic carbocycles. The van der Waals surface area contributed by atoms with Gasteiger partial charge in [0.25, 0.3) is 0 Å². The molecule has 1 N–H and O–H groups in total. The number of ether oxygens (including phenoxy) is 1. The topological polar surface area (TPSA) is 71.8 Å². The smallest absolute Gasteiger partial charge is 0.323 e. The van der Waals surface area contributed by atoms with E-state index in [-0.39, 0.29) is 25.0 Å². The van der Waals surface area contributed by atoms with Gasteiger partial charge in [0.15, 0.2) is 0 Å². The highest BCUT2D eigenvalue weighted by atomic mass is 16.5. The zero-order chi connectivity index (χ0) is 17.1. The lowest BCUT2D eigenvalue weighted by Crippen LogP contribution is -2.47. The van der Waals surface area contributed by atoms with Crippen molar-refractivity contribution in [3.63, 3.8) is 0 Å². The average Bonchev–Trinajstić information content (AvgIpc) is 2.89. The lowest BCUT2D eigenvalue weighted by molar-refractivity contribution is -0.148. The minimum atomic E-state index is -0.983. The number of hydrogen-bond donors (Lipinski definition) is 1. The molecule has 1 aromatic heterocycles. The molecule has 2 heterocycles. The third-order valence-corrected chi connectivity index (χ3v) is 4.55. The molecule has 128 valence electrons. The molecule has 24 heavy (non-hydrogen) atoms. The van der Waals surface area contributed by atoms with E-state index in [9.17, 15) is 14.7 Å². The predicted molar refractivity (Wildman–Crippen MR) is 89.9 cm³/mol. The molecule has 2 aromatic rings. The summed E-state index contributed by atoms with van der Waals surface area (Å²) in [6.07, 6.45) is 3.32. The van der Waals surface area contributed by atoms with Gasteiger partial charge >= 0.3 is 5.97 Å². The van der Waals surface area contributed by atoms with Gasteiger partial charge in [-0.05, 0) is 31.4 Å². The fraction of sp³-hybridized carbons (Fsp3) is 0.444. The summed E-state index contributed by atoms with van der Waals surface area (Å²) in [7, 11) is 0. The molecule has 6 nitrogen and oxygen atoms in total. The van der Waals surface area contributed by atoms with E-state index in [2.05, 4.69) is 0 Å². The minimum absolute atomic E-state index is 0.0646. The molecule has 1 saturated heterocycles. The van der Waals surface area contributed by atoms with Crippen molar-refractivity contribution in [2.75, 3.05) is 19.8 Å². The molecule has 1 aliphatic heterocycles. The Balaban J connectivity index is 1.82. The first-order chi connectivity index (χ1) is 11.6. The van der Waals surface area contributed by atoms with Crippen LogP contribution in [0.3, 0.4) is 0 Å². The van der Waals surface area contributed by atoms with Gasteiger partial charge < -0.3 is 19.3 Å². The van der Waals surface area contributed by atoms with Gasteiger partial charge in [-0.1, -0.05) is 18.2 Å². The largest absolute Gasteiger partial charge is 0.480 e. The summed E-state index contributed by atoms with van der Waals surface area (Å²) in [6, 6.07) is 7.85. The molecule has 1 amide bonds. The molecule has 0 atom stereocenters. The lowest BCUT2D eigenvalue weighted by atomic mass is 10.1. The van der Waals surface area contributed by atoms with Gasteiger partial charge in [-0.15, -0.1) is 0 Å². The second-order valence-electron chi connectivity index (χ2n) is 6.22. The molecule has 0 unspecified atom stereocenters. The van der Waals surface area contributed by atoms with Crippen LogP contribution in [0.25, 0.3) is 10.9 Å². The molecular formula is C18H22N2O4. The van der Waals surface area contributed by atoms with E-state index in [0.29, 0.717) is 26.1 Å². The van der Waals surface area contributed by atoms with Crippen molar-refractivity contribution in [1.29, 1.82) is 0 Å². The molecule has 0 radical (unpaired) electrons. The van der Waals surface area contributed by atoms with Crippen molar-refractivity contribution in [2.45, 2.75) is 32.4 Å². The third kappa shape index (κ3) is 3.43. The van der Waals surface area contributed by atoms with E-state index in [4.69, 9.17) is 4.74 Å². The summed E-state index contributed by atoms with van der Waals surface area (Å²) in [4.78, 5) is 25.5. The molecule has 0 bridgehead atoms. The number of aryl methyl sites for hydroxylation is 1. The lowest BCUT2D eigenvalue weighted by Gasteiger charge is -2.33. The van der Waals surface area contributed by atoms with E-state index >= 15 is 0 Å². The zero-order valence-corrected chi connectivity index (χ0v) is 13.8. The molecule has 0 aliphatic carbocycles. The van der Waals surface area contributed by atoms with E-state index in [0.717, 1.165) is 16.5 Å². The summed E-state index contributed by atoms with van der Waals surface area (Å²) in [5.41, 5.74) is 2.10. The quantitative estimate of drug-likeness (QED) is 0.911. The van der Waals surface area contributed by atoms with Crippen LogP contribution in [0.4, 0.5) is 0 Å². The van der Waals surface area contributed by atoms with Gasteiger partial charge in [-0.2, -0.15) is 0 Å². The Labute approximate surface area is 140 Å². The van der Waals surface area contributed by atoms with Gasteiger partial charge in [-0.25, -0.2) is 0 Å². The minimum Gasteiger partial charge on any atom is -0.480 e. The fourth-order valence-corrected chi connectivity index (χ4v) is 3.36. The fourth-order valence-electron chi connectivity index (χ4n) is 3.36. The number of carboxylic acids is 1.